The fourth-order valence-corrected chi connectivity index (χ4v) is 4.38. The third-order valence-corrected chi connectivity index (χ3v) is 6.47. The van der Waals surface area contributed by atoms with E-state index in [1.165, 1.54) is 22.7 Å². The lowest BCUT2D eigenvalue weighted by molar-refractivity contribution is -0.384. The molecule has 0 aliphatic heterocycles. The summed E-state index contributed by atoms with van der Waals surface area (Å²) in [6.45, 7) is 3.97. The average Bonchev–Trinajstić information content (AvgIpc) is 2.69. The molecule has 0 aliphatic carbocycles. The van der Waals surface area contributed by atoms with Crippen LogP contribution in [-0.2, 0) is 10.0 Å². The van der Waals surface area contributed by atoms with Crippen molar-refractivity contribution >= 4 is 49.6 Å². The van der Waals surface area contributed by atoms with E-state index in [-0.39, 0.29) is 29.4 Å². The Bertz CT molecular complexity index is 1020. The second kappa shape index (κ2) is 10.3. The van der Waals surface area contributed by atoms with Gasteiger partial charge in [-0.15, -0.1) is 0 Å². The number of allylic oxidation sites excluding steroid dienone is 1. The van der Waals surface area contributed by atoms with Crippen molar-refractivity contribution in [2.45, 2.75) is 18.7 Å². The molecular formula is C19H21BrN4O4S. The fraction of sp³-hybridized carbons (Fsp3) is 0.211. The highest BCUT2D eigenvalue weighted by Crippen LogP contribution is 2.29. The van der Waals surface area contributed by atoms with Gasteiger partial charge in [-0.05, 0) is 39.7 Å². The van der Waals surface area contributed by atoms with E-state index in [1.54, 1.807) is 13.8 Å². The van der Waals surface area contributed by atoms with Crippen molar-refractivity contribution < 1.29 is 13.3 Å². The van der Waals surface area contributed by atoms with E-state index < -0.39 is 14.9 Å². The number of nitrogens with one attached hydrogen (secondary N) is 1. The molecule has 29 heavy (non-hydrogen) atoms. The molecule has 0 aromatic heterocycles. The monoisotopic (exact) mass is 480 g/mol. The van der Waals surface area contributed by atoms with Gasteiger partial charge in [0.1, 0.15) is 5.69 Å². The molecule has 0 heterocycles. The summed E-state index contributed by atoms with van der Waals surface area (Å²) < 4.78 is 27.1. The van der Waals surface area contributed by atoms with Gasteiger partial charge in [-0.1, -0.05) is 44.2 Å². The summed E-state index contributed by atoms with van der Waals surface area (Å²) in [6.07, 6.45) is 3.29. The van der Waals surface area contributed by atoms with E-state index in [1.807, 2.05) is 36.4 Å². The van der Waals surface area contributed by atoms with Crippen LogP contribution in [-0.4, -0.2) is 37.0 Å². The van der Waals surface area contributed by atoms with Crippen LogP contribution in [0.3, 0.4) is 0 Å². The number of halogens is 1. The molecule has 2 rings (SSSR count). The third kappa shape index (κ3) is 5.96. The van der Waals surface area contributed by atoms with Gasteiger partial charge in [0.05, 0.1) is 16.0 Å². The second-order valence-electron chi connectivity index (χ2n) is 5.84. The normalized spacial score (nSPS) is 12.5. The maximum absolute atomic E-state index is 12.6. The van der Waals surface area contributed by atoms with Gasteiger partial charge < -0.3 is 0 Å². The standard InChI is InChI=1S/C19H21BrN4O4S/c1-3-23(4-2)29(27,28)17-10-11-18(19(13-17)24(25)26)22-21-14-16(20)12-15-8-6-5-7-9-15/h5-14,22H,3-4H2,1-2H3/b16-12-,21-14+. The molecule has 0 atom stereocenters. The van der Waals surface area contributed by atoms with Gasteiger partial charge in [0, 0.05) is 23.6 Å². The Labute approximate surface area is 178 Å². The van der Waals surface area contributed by atoms with Crippen LogP contribution in [0.2, 0.25) is 0 Å². The van der Waals surface area contributed by atoms with Crippen molar-refractivity contribution in [2.24, 2.45) is 5.10 Å². The molecule has 0 unspecified atom stereocenters. The Balaban J connectivity index is 2.25. The van der Waals surface area contributed by atoms with Gasteiger partial charge in [-0.2, -0.15) is 9.41 Å². The van der Waals surface area contributed by atoms with Gasteiger partial charge >= 0.3 is 0 Å². The van der Waals surface area contributed by atoms with E-state index in [2.05, 4.69) is 26.5 Å². The summed E-state index contributed by atoms with van der Waals surface area (Å²) in [5, 5.41) is 15.4. The first kappa shape index (κ1) is 22.7. The third-order valence-electron chi connectivity index (χ3n) is 3.99. The molecular weight excluding hydrogens is 460 g/mol. The van der Waals surface area contributed by atoms with E-state index in [0.717, 1.165) is 11.6 Å². The summed E-state index contributed by atoms with van der Waals surface area (Å²) >= 11 is 3.36. The quantitative estimate of drug-likeness (QED) is 0.324. The van der Waals surface area contributed by atoms with Gasteiger partial charge in [-0.3, -0.25) is 15.5 Å². The van der Waals surface area contributed by atoms with Crippen LogP contribution >= 0.6 is 15.9 Å². The van der Waals surface area contributed by atoms with E-state index in [4.69, 9.17) is 0 Å². The number of nitrogens with zero attached hydrogens (tertiary/aromatic N) is 3. The summed E-state index contributed by atoms with van der Waals surface area (Å²) in [5.41, 5.74) is 3.27. The zero-order valence-corrected chi connectivity index (χ0v) is 18.4. The smallest absolute Gasteiger partial charge is 0.272 e. The first-order chi connectivity index (χ1) is 13.8. The minimum atomic E-state index is -3.80. The Morgan fingerprint density at radius 3 is 2.45 bits per heavy atom. The Morgan fingerprint density at radius 1 is 1.21 bits per heavy atom. The van der Waals surface area contributed by atoms with Crippen molar-refractivity contribution in [1.29, 1.82) is 0 Å². The average molecular weight is 481 g/mol. The predicted molar refractivity (Wildman–Crippen MR) is 119 cm³/mol. The van der Waals surface area contributed by atoms with Crippen molar-refractivity contribution in [2.75, 3.05) is 18.5 Å². The lowest BCUT2D eigenvalue weighted by atomic mass is 10.2. The lowest BCUT2D eigenvalue weighted by Gasteiger charge is -2.18. The van der Waals surface area contributed by atoms with Crippen LogP contribution in [0.25, 0.3) is 6.08 Å². The first-order valence-corrected chi connectivity index (χ1v) is 11.0. The van der Waals surface area contributed by atoms with Gasteiger partial charge in [-0.25, -0.2) is 8.42 Å². The molecule has 0 saturated carbocycles. The van der Waals surface area contributed by atoms with E-state index >= 15 is 0 Å². The van der Waals surface area contributed by atoms with Gasteiger partial charge in [0.15, 0.2) is 0 Å². The number of nitro groups is 1. The molecule has 0 fully saturated rings. The minimum absolute atomic E-state index is 0.0877. The maximum atomic E-state index is 12.6. The molecule has 2 aromatic rings. The van der Waals surface area contributed by atoms with Crippen LogP contribution in [0.5, 0.6) is 0 Å². The number of hydrogen-bond donors (Lipinski definition) is 1. The molecule has 2 aromatic carbocycles. The maximum Gasteiger partial charge on any atom is 0.295 e. The summed E-state index contributed by atoms with van der Waals surface area (Å²) in [6, 6.07) is 13.3. The van der Waals surface area contributed by atoms with Crippen LogP contribution < -0.4 is 5.43 Å². The number of hydrazone groups is 1. The Kier molecular flexibility index (Phi) is 8.06. The molecule has 154 valence electrons. The van der Waals surface area contributed by atoms with E-state index in [9.17, 15) is 18.5 Å². The van der Waals surface area contributed by atoms with E-state index in [0.29, 0.717) is 4.48 Å². The van der Waals surface area contributed by atoms with Crippen molar-refractivity contribution in [3.8, 4) is 0 Å². The van der Waals surface area contributed by atoms with Crippen molar-refractivity contribution in [3.05, 3.63) is 68.7 Å². The number of nitro benzene ring substituents is 1. The zero-order valence-electron chi connectivity index (χ0n) is 15.9. The Hall–Kier alpha value is -2.56. The number of hydrogen-bond acceptors (Lipinski definition) is 6. The number of anilines is 1. The van der Waals surface area contributed by atoms with Gasteiger partial charge in [0.25, 0.3) is 5.69 Å². The zero-order chi connectivity index (χ0) is 21.4. The minimum Gasteiger partial charge on any atom is -0.272 e. The molecule has 8 nitrogen and oxygen atoms in total. The first-order valence-electron chi connectivity index (χ1n) is 8.79. The molecule has 0 amide bonds. The number of sulfonamides is 1. The van der Waals surface area contributed by atoms with Crippen LogP contribution in [0.4, 0.5) is 11.4 Å². The largest absolute Gasteiger partial charge is 0.295 e. The van der Waals surface area contributed by atoms with Crippen molar-refractivity contribution in [3.63, 3.8) is 0 Å². The Morgan fingerprint density at radius 2 is 1.86 bits per heavy atom. The second-order valence-corrected chi connectivity index (χ2v) is 8.69. The summed E-state index contributed by atoms with van der Waals surface area (Å²) in [5.74, 6) is 0. The topological polar surface area (TPSA) is 105 Å². The highest BCUT2D eigenvalue weighted by atomic mass is 79.9. The molecule has 1 N–H and O–H groups in total. The molecule has 0 spiro atoms. The molecule has 10 heteroatoms. The number of rotatable bonds is 9. The van der Waals surface area contributed by atoms with Crippen LogP contribution in [0.15, 0.2) is 63.0 Å². The molecule has 0 aliphatic rings. The SMILES string of the molecule is CCN(CC)S(=O)(=O)c1ccc(N/N=C/C(Br)=C/c2ccccc2)c([N+](=O)[O-])c1. The van der Waals surface area contributed by atoms with Crippen molar-refractivity contribution in [1.82, 2.24) is 4.31 Å². The molecule has 0 bridgehead atoms. The van der Waals surface area contributed by atoms with Crippen LogP contribution in [0, 0.1) is 10.1 Å². The summed E-state index contributed by atoms with van der Waals surface area (Å²) in [4.78, 5) is 10.7. The summed E-state index contributed by atoms with van der Waals surface area (Å²) in [7, 11) is -3.80. The lowest BCUT2D eigenvalue weighted by Crippen LogP contribution is -2.30. The predicted octanol–water partition coefficient (Wildman–Crippen LogP) is 4.46. The molecule has 0 saturated heterocycles. The highest BCUT2D eigenvalue weighted by Gasteiger charge is 2.25. The molecule has 0 radical (unpaired) electrons. The van der Waals surface area contributed by atoms with Crippen LogP contribution in [0.1, 0.15) is 19.4 Å². The number of benzene rings is 2. The fourth-order valence-electron chi connectivity index (χ4n) is 2.54. The highest BCUT2D eigenvalue weighted by molar-refractivity contribution is 9.12. The van der Waals surface area contributed by atoms with Gasteiger partial charge in [0.2, 0.25) is 10.0 Å².